The van der Waals surface area contributed by atoms with Crippen LogP contribution in [0.4, 0.5) is 5.69 Å². The van der Waals surface area contributed by atoms with E-state index >= 15 is 0 Å². The first-order valence-electron chi connectivity index (χ1n) is 11.2. The van der Waals surface area contributed by atoms with Crippen molar-refractivity contribution >= 4 is 49.7 Å². The maximum Gasteiger partial charge on any atom is 0.339 e. The highest BCUT2D eigenvalue weighted by atomic mass is 79.9. The number of nitrogens with one attached hydrogen (secondary N) is 1. The number of hydrogen-bond donors (Lipinski definition) is 1. The number of hydrogen-bond acceptors (Lipinski definition) is 8. The van der Waals surface area contributed by atoms with Crippen molar-refractivity contribution < 1.29 is 31.7 Å². The second-order valence-corrected chi connectivity index (χ2v) is 10.2. The molecule has 0 bridgehead atoms. The average Bonchev–Trinajstić information content (AvgIpc) is 2.89. The average molecular weight is 599 g/mol. The lowest BCUT2D eigenvalue weighted by molar-refractivity contribution is -0.112. The highest BCUT2D eigenvalue weighted by Crippen LogP contribution is 2.39. The predicted molar refractivity (Wildman–Crippen MR) is 144 cm³/mol. The molecule has 0 radical (unpaired) electrons. The summed E-state index contributed by atoms with van der Waals surface area (Å²) in [6, 6.07) is 17.0. The van der Waals surface area contributed by atoms with Crippen molar-refractivity contribution in [2.24, 2.45) is 0 Å². The second kappa shape index (κ2) is 12.4. The van der Waals surface area contributed by atoms with Gasteiger partial charge >= 0.3 is 16.1 Å². The number of ether oxygens (including phenoxy) is 2. The second-order valence-electron chi connectivity index (χ2n) is 7.81. The molecule has 196 valence electrons. The third-order valence-electron chi connectivity index (χ3n) is 5.08. The maximum atomic E-state index is 12.8. The summed E-state index contributed by atoms with van der Waals surface area (Å²) in [6.45, 7) is 3.77. The van der Waals surface area contributed by atoms with Gasteiger partial charge in [0.05, 0.1) is 23.8 Å². The largest absolute Gasteiger partial charge is 0.493 e. The van der Waals surface area contributed by atoms with Gasteiger partial charge in [-0.15, -0.1) is 0 Å². The molecule has 3 aromatic carbocycles. The molecule has 0 aromatic heterocycles. The molecule has 0 aliphatic rings. The van der Waals surface area contributed by atoms with Crippen LogP contribution in [0.1, 0.15) is 28.4 Å². The van der Waals surface area contributed by atoms with Crippen molar-refractivity contribution in [2.45, 2.75) is 18.7 Å². The Hall–Kier alpha value is -4.14. The number of halogens is 1. The third kappa shape index (κ3) is 7.00. The summed E-state index contributed by atoms with van der Waals surface area (Å²) < 4.78 is 41.3. The Morgan fingerprint density at radius 2 is 1.74 bits per heavy atom. The number of nitriles is 1. The van der Waals surface area contributed by atoms with Gasteiger partial charge in [0.15, 0.2) is 11.5 Å². The minimum Gasteiger partial charge on any atom is -0.493 e. The molecule has 0 heterocycles. The molecule has 0 saturated heterocycles. The molecule has 0 saturated carbocycles. The number of carbonyl (C=O) groups is 2. The molecule has 38 heavy (non-hydrogen) atoms. The summed E-state index contributed by atoms with van der Waals surface area (Å²) in [5.41, 5.74) is 1.73. The Morgan fingerprint density at radius 1 is 1.08 bits per heavy atom. The summed E-state index contributed by atoms with van der Waals surface area (Å²) in [5.74, 6) is -1.20. The van der Waals surface area contributed by atoms with Crippen LogP contribution in [0.5, 0.6) is 11.5 Å². The van der Waals surface area contributed by atoms with Crippen molar-refractivity contribution in [1.29, 1.82) is 5.26 Å². The fraction of sp³-hybridized carbons (Fsp3) is 0.148. The van der Waals surface area contributed by atoms with E-state index in [9.17, 15) is 23.3 Å². The number of rotatable bonds is 9. The number of amides is 1. The maximum absolute atomic E-state index is 12.8. The molecular weight excluding hydrogens is 576 g/mol. The molecule has 0 aliphatic carbocycles. The van der Waals surface area contributed by atoms with Gasteiger partial charge in [0.1, 0.15) is 16.5 Å². The van der Waals surface area contributed by atoms with E-state index in [1.54, 1.807) is 19.1 Å². The first kappa shape index (κ1) is 28.4. The van der Waals surface area contributed by atoms with Gasteiger partial charge < -0.3 is 19.0 Å². The summed E-state index contributed by atoms with van der Waals surface area (Å²) in [4.78, 5) is 24.5. The predicted octanol–water partition coefficient (Wildman–Crippen LogP) is 5.26. The van der Waals surface area contributed by atoms with E-state index in [0.717, 1.165) is 5.56 Å². The number of anilines is 1. The fourth-order valence-corrected chi connectivity index (χ4v) is 4.79. The van der Waals surface area contributed by atoms with Gasteiger partial charge in [-0.3, -0.25) is 4.79 Å². The Kier molecular flexibility index (Phi) is 9.28. The van der Waals surface area contributed by atoms with Crippen molar-refractivity contribution in [3.8, 4) is 17.6 Å². The molecule has 0 atom stereocenters. The van der Waals surface area contributed by atoms with Crippen molar-refractivity contribution in [1.82, 2.24) is 0 Å². The molecule has 3 rings (SSSR count). The highest BCUT2D eigenvalue weighted by Gasteiger charge is 2.22. The van der Waals surface area contributed by atoms with Crippen LogP contribution in [0.3, 0.4) is 0 Å². The number of esters is 1. The van der Waals surface area contributed by atoms with Gasteiger partial charge in [0, 0.05) is 5.69 Å². The Labute approximate surface area is 228 Å². The quantitative estimate of drug-likeness (QED) is 0.153. The molecule has 11 heteroatoms. The minimum absolute atomic E-state index is 0.0280. The van der Waals surface area contributed by atoms with Crippen LogP contribution in [-0.2, 0) is 19.6 Å². The van der Waals surface area contributed by atoms with Crippen LogP contribution in [0.25, 0.3) is 6.08 Å². The van der Waals surface area contributed by atoms with Crippen LogP contribution >= 0.6 is 15.9 Å². The monoisotopic (exact) mass is 598 g/mol. The number of benzene rings is 3. The van der Waals surface area contributed by atoms with Crippen LogP contribution in [0.2, 0.25) is 0 Å². The first-order valence-corrected chi connectivity index (χ1v) is 13.4. The molecule has 3 aromatic rings. The van der Waals surface area contributed by atoms with Gasteiger partial charge in [-0.25, -0.2) is 4.79 Å². The third-order valence-corrected chi connectivity index (χ3v) is 6.91. The van der Waals surface area contributed by atoms with Crippen LogP contribution in [0, 0.1) is 18.3 Å². The van der Waals surface area contributed by atoms with E-state index in [0.29, 0.717) is 16.8 Å². The zero-order chi connectivity index (χ0) is 27.9. The molecule has 0 spiro atoms. The van der Waals surface area contributed by atoms with Gasteiger partial charge in [-0.05, 0) is 89.9 Å². The van der Waals surface area contributed by atoms with E-state index in [4.69, 9.17) is 13.7 Å². The number of carbonyl (C=O) groups excluding carboxylic acids is 2. The lowest BCUT2D eigenvalue weighted by Gasteiger charge is -2.14. The standard InChI is InChI=1S/C27H23BrN2O7S/c1-4-36-27(32)19-7-9-21(10-8-19)30-26(31)20(16-29)13-18-14-23(28)25(24(15-18)35-3)37-38(33,34)22-11-5-17(2)6-12-22/h5-15H,4H2,1-3H3,(H,30,31)/b20-13+. The molecule has 1 amide bonds. The van der Waals surface area contributed by atoms with Crippen LogP contribution < -0.4 is 14.2 Å². The lowest BCUT2D eigenvalue weighted by atomic mass is 10.1. The lowest BCUT2D eigenvalue weighted by Crippen LogP contribution is -2.14. The zero-order valence-corrected chi connectivity index (χ0v) is 23.1. The van der Waals surface area contributed by atoms with E-state index in [1.807, 2.05) is 13.0 Å². The van der Waals surface area contributed by atoms with Crippen molar-refractivity contribution in [3.63, 3.8) is 0 Å². The Balaban J connectivity index is 1.84. The summed E-state index contributed by atoms with van der Waals surface area (Å²) in [7, 11) is -2.82. The topological polar surface area (TPSA) is 132 Å². The smallest absolute Gasteiger partial charge is 0.339 e. The molecular formula is C27H23BrN2O7S. The SMILES string of the molecule is CCOC(=O)c1ccc(NC(=O)/C(C#N)=C/c2cc(Br)c(OS(=O)(=O)c3ccc(C)cc3)c(OC)c2)cc1. The highest BCUT2D eigenvalue weighted by molar-refractivity contribution is 9.10. The summed E-state index contributed by atoms with van der Waals surface area (Å²) in [5, 5.41) is 12.2. The number of nitrogens with zero attached hydrogens (tertiary/aromatic N) is 1. The molecule has 9 nitrogen and oxygen atoms in total. The van der Waals surface area contributed by atoms with E-state index in [-0.39, 0.29) is 33.0 Å². The molecule has 1 N–H and O–H groups in total. The number of aryl methyl sites for hydroxylation is 1. The Morgan fingerprint density at radius 3 is 2.32 bits per heavy atom. The van der Waals surface area contributed by atoms with E-state index in [1.165, 1.54) is 61.7 Å². The molecule has 0 aliphatic heterocycles. The van der Waals surface area contributed by atoms with Crippen LogP contribution in [0.15, 0.2) is 75.6 Å². The normalized spacial score (nSPS) is 11.3. The van der Waals surface area contributed by atoms with Gasteiger partial charge in [-0.2, -0.15) is 13.7 Å². The van der Waals surface area contributed by atoms with Gasteiger partial charge in [0.2, 0.25) is 0 Å². The van der Waals surface area contributed by atoms with Crippen molar-refractivity contribution in [2.75, 3.05) is 19.0 Å². The summed E-state index contributed by atoms with van der Waals surface area (Å²) >= 11 is 3.29. The van der Waals surface area contributed by atoms with Crippen LogP contribution in [-0.4, -0.2) is 34.0 Å². The summed E-state index contributed by atoms with van der Waals surface area (Å²) in [6.07, 6.45) is 1.31. The minimum atomic E-state index is -4.16. The number of methoxy groups -OCH3 is 1. The van der Waals surface area contributed by atoms with Crippen molar-refractivity contribution in [3.05, 3.63) is 87.4 Å². The molecule has 0 unspecified atom stereocenters. The van der Waals surface area contributed by atoms with Gasteiger partial charge in [0.25, 0.3) is 5.91 Å². The zero-order valence-electron chi connectivity index (χ0n) is 20.6. The van der Waals surface area contributed by atoms with E-state index < -0.39 is 22.0 Å². The van der Waals surface area contributed by atoms with E-state index in [2.05, 4.69) is 21.2 Å². The van der Waals surface area contributed by atoms with Gasteiger partial charge in [-0.1, -0.05) is 17.7 Å². The fourth-order valence-electron chi connectivity index (χ4n) is 3.18. The molecule has 0 fully saturated rings. The Bertz CT molecular complexity index is 1530. The first-order chi connectivity index (χ1) is 18.1.